The Balaban J connectivity index is 0.000000385. The molecule has 0 aliphatic rings. The Morgan fingerprint density at radius 1 is 1.19 bits per heavy atom. The van der Waals surface area contributed by atoms with E-state index in [0.29, 0.717) is 0 Å². The third-order valence-electron chi connectivity index (χ3n) is 1.53. The molecule has 0 radical (unpaired) electrons. The summed E-state index contributed by atoms with van der Waals surface area (Å²) in [6.07, 6.45) is -2.21. The summed E-state index contributed by atoms with van der Waals surface area (Å²) in [7, 11) is 0. The van der Waals surface area contributed by atoms with Crippen LogP contribution in [0.15, 0.2) is 30.3 Å². The van der Waals surface area contributed by atoms with Crippen LogP contribution >= 0.6 is 0 Å². The second kappa shape index (κ2) is 7.98. The molecule has 0 spiro atoms. The molecular formula is C11H16F3NO. The molecule has 0 aliphatic carbocycles. The number of hydrogen-bond acceptors (Lipinski definition) is 2. The topological polar surface area (TPSA) is 35.2 Å². The molecular weight excluding hydrogens is 219 g/mol. The van der Waals surface area contributed by atoms with Gasteiger partial charge in [0.15, 0.2) is 0 Å². The number of nitrogens with two attached hydrogens (primary N) is 1. The second-order valence-electron chi connectivity index (χ2n) is 3.00. The normalized spacial score (nSPS) is 10.3. The molecule has 0 aliphatic heterocycles. The predicted octanol–water partition coefficient (Wildman–Crippen LogP) is 3.33. The summed E-state index contributed by atoms with van der Waals surface area (Å²) in [6.45, 7) is 2.98. The van der Waals surface area contributed by atoms with Gasteiger partial charge in [-0.3, -0.25) is 0 Å². The van der Waals surface area contributed by atoms with Gasteiger partial charge in [-0.2, -0.15) is 0 Å². The van der Waals surface area contributed by atoms with Crippen LogP contribution in [-0.4, -0.2) is 12.9 Å². The summed E-state index contributed by atoms with van der Waals surface area (Å²) >= 11 is 0. The molecule has 0 fully saturated rings. The van der Waals surface area contributed by atoms with Crippen LogP contribution in [-0.2, 0) is 0 Å². The van der Waals surface area contributed by atoms with Gasteiger partial charge in [0, 0.05) is 0 Å². The molecule has 0 saturated heterocycles. The molecule has 1 rings (SSSR count). The highest BCUT2D eigenvalue weighted by molar-refractivity contribution is 5.20. The van der Waals surface area contributed by atoms with E-state index >= 15 is 0 Å². The van der Waals surface area contributed by atoms with Gasteiger partial charge in [-0.15, -0.1) is 13.2 Å². The van der Waals surface area contributed by atoms with E-state index in [1.807, 2.05) is 0 Å². The van der Waals surface area contributed by atoms with Crippen LogP contribution < -0.4 is 10.5 Å². The van der Waals surface area contributed by atoms with E-state index in [1.165, 1.54) is 37.1 Å². The van der Waals surface area contributed by atoms with Gasteiger partial charge >= 0.3 is 6.36 Å². The van der Waals surface area contributed by atoms with Gasteiger partial charge in [-0.25, -0.2) is 0 Å². The van der Waals surface area contributed by atoms with Crippen molar-refractivity contribution in [1.82, 2.24) is 0 Å². The molecule has 0 amide bonds. The SMILES string of the molecule is CCCCN.FC(F)(F)Oc1ccccc1. The minimum atomic E-state index is -4.60. The maximum Gasteiger partial charge on any atom is 0.573 e. The van der Waals surface area contributed by atoms with Crippen molar-refractivity contribution in [3.05, 3.63) is 30.3 Å². The number of para-hydroxylation sites is 1. The average molecular weight is 235 g/mol. The first-order chi connectivity index (χ1) is 7.49. The zero-order valence-electron chi connectivity index (χ0n) is 9.13. The van der Waals surface area contributed by atoms with E-state index in [2.05, 4.69) is 11.7 Å². The smallest absolute Gasteiger partial charge is 0.406 e. The van der Waals surface area contributed by atoms with Crippen LogP contribution in [0, 0.1) is 0 Å². The Bertz CT molecular complexity index is 260. The lowest BCUT2D eigenvalue weighted by molar-refractivity contribution is -0.274. The molecule has 0 saturated carbocycles. The van der Waals surface area contributed by atoms with Crippen molar-refractivity contribution in [1.29, 1.82) is 0 Å². The van der Waals surface area contributed by atoms with Crippen molar-refractivity contribution >= 4 is 0 Å². The molecule has 2 N–H and O–H groups in total. The monoisotopic (exact) mass is 235 g/mol. The van der Waals surface area contributed by atoms with E-state index < -0.39 is 6.36 Å². The van der Waals surface area contributed by atoms with E-state index in [1.54, 1.807) is 6.07 Å². The Hall–Kier alpha value is -1.23. The Morgan fingerprint density at radius 3 is 2.06 bits per heavy atom. The zero-order valence-corrected chi connectivity index (χ0v) is 9.13. The molecule has 0 aromatic heterocycles. The molecule has 0 bridgehead atoms. The zero-order chi connectivity index (χ0) is 12.4. The minimum absolute atomic E-state index is 0.194. The molecule has 2 nitrogen and oxygen atoms in total. The Kier molecular flexibility index (Phi) is 7.37. The summed E-state index contributed by atoms with van der Waals surface area (Å²) in [5, 5.41) is 0. The Morgan fingerprint density at radius 2 is 1.75 bits per heavy atom. The lowest BCUT2D eigenvalue weighted by Gasteiger charge is -2.07. The van der Waals surface area contributed by atoms with Crippen molar-refractivity contribution < 1.29 is 17.9 Å². The lowest BCUT2D eigenvalue weighted by atomic mass is 10.3. The number of alkyl halides is 3. The highest BCUT2D eigenvalue weighted by Gasteiger charge is 2.30. The van der Waals surface area contributed by atoms with Gasteiger partial charge in [0.1, 0.15) is 5.75 Å². The summed E-state index contributed by atoms with van der Waals surface area (Å²) in [5.41, 5.74) is 5.14. The van der Waals surface area contributed by atoms with E-state index in [4.69, 9.17) is 5.73 Å². The summed E-state index contributed by atoms with van der Waals surface area (Å²) in [5.74, 6) is -0.194. The van der Waals surface area contributed by atoms with E-state index in [9.17, 15) is 13.2 Å². The van der Waals surface area contributed by atoms with Gasteiger partial charge in [-0.05, 0) is 25.1 Å². The number of benzene rings is 1. The standard InChI is InChI=1S/C7H5F3O.C4H11N/c8-7(9,10)11-6-4-2-1-3-5-6;1-2-3-4-5/h1-5H;2-5H2,1H3. The van der Waals surface area contributed by atoms with Crippen molar-refractivity contribution in [2.75, 3.05) is 6.54 Å². The van der Waals surface area contributed by atoms with E-state index in [-0.39, 0.29) is 5.75 Å². The molecule has 0 heterocycles. The fourth-order valence-electron chi connectivity index (χ4n) is 0.826. The molecule has 1 aromatic rings. The first kappa shape index (κ1) is 14.8. The van der Waals surface area contributed by atoms with Crippen molar-refractivity contribution in [3.63, 3.8) is 0 Å². The first-order valence-corrected chi connectivity index (χ1v) is 5.00. The molecule has 1 aromatic carbocycles. The van der Waals surface area contributed by atoms with Crippen molar-refractivity contribution in [2.45, 2.75) is 26.1 Å². The molecule has 0 atom stereocenters. The van der Waals surface area contributed by atoms with Gasteiger partial charge in [-0.1, -0.05) is 31.5 Å². The highest BCUT2D eigenvalue weighted by Crippen LogP contribution is 2.21. The van der Waals surface area contributed by atoms with Gasteiger partial charge in [0.25, 0.3) is 0 Å². The fraction of sp³-hybridized carbons (Fsp3) is 0.455. The second-order valence-corrected chi connectivity index (χ2v) is 3.00. The fourth-order valence-corrected chi connectivity index (χ4v) is 0.826. The maximum atomic E-state index is 11.5. The number of unbranched alkanes of at least 4 members (excludes halogenated alkanes) is 1. The molecule has 92 valence electrons. The number of ether oxygens (including phenoxy) is 1. The van der Waals surface area contributed by atoms with Gasteiger partial charge < -0.3 is 10.5 Å². The van der Waals surface area contributed by atoms with Gasteiger partial charge in [0.05, 0.1) is 0 Å². The van der Waals surface area contributed by atoms with Crippen LogP contribution in [0.25, 0.3) is 0 Å². The predicted molar refractivity (Wildman–Crippen MR) is 57.1 cm³/mol. The first-order valence-electron chi connectivity index (χ1n) is 5.00. The summed E-state index contributed by atoms with van der Waals surface area (Å²) in [6, 6.07) is 7.05. The van der Waals surface area contributed by atoms with E-state index in [0.717, 1.165) is 6.54 Å². The quantitative estimate of drug-likeness (QED) is 0.872. The minimum Gasteiger partial charge on any atom is -0.406 e. The molecule has 16 heavy (non-hydrogen) atoms. The van der Waals surface area contributed by atoms with Crippen LogP contribution in [0.4, 0.5) is 13.2 Å². The maximum absolute atomic E-state index is 11.5. The van der Waals surface area contributed by atoms with Crippen LogP contribution in [0.3, 0.4) is 0 Å². The number of rotatable bonds is 3. The molecule has 0 unspecified atom stereocenters. The third kappa shape index (κ3) is 9.33. The van der Waals surface area contributed by atoms with Crippen molar-refractivity contribution in [2.24, 2.45) is 5.73 Å². The summed E-state index contributed by atoms with van der Waals surface area (Å²) in [4.78, 5) is 0. The third-order valence-corrected chi connectivity index (χ3v) is 1.53. The lowest BCUT2D eigenvalue weighted by Crippen LogP contribution is -2.16. The van der Waals surface area contributed by atoms with Crippen LogP contribution in [0.1, 0.15) is 19.8 Å². The van der Waals surface area contributed by atoms with Gasteiger partial charge in [0.2, 0.25) is 0 Å². The summed E-state index contributed by atoms with van der Waals surface area (Å²) < 4.78 is 38.2. The van der Waals surface area contributed by atoms with Crippen molar-refractivity contribution in [3.8, 4) is 5.75 Å². The van der Waals surface area contributed by atoms with Crippen LogP contribution in [0.2, 0.25) is 0 Å². The Labute approximate surface area is 93.2 Å². The number of halogens is 3. The highest BCUT2D eigenvalue weighted by atomic mass is 19.4. The largest absolute Gasteiger partial charge is 0.573 e. The van der Waals surface area contributed by atoms with Crippen LogP contribution in [0.5, 0.6) is 5.75 Å². The number of hydrogen-bond donors (Lipinski definition) is 1. The molecule has 5 heteroatoms. The average Bonchev–Trinajstić information content (AvgIpc) is 2.19.